The van der Waals surface area contributed by atoms with Crippen LogP contribution in [0.5, 0.6) is 0 Å². The Hall–Kier alpha value is -1.01. The van der Waals surface area contributed by atoms with Gasteiger partial charge in [0.2, 0.25) is 5.91 Å². The topological polar surface area (TPSA) is 38.3 Å². The third-order valence-corrected chi connectivity index (χ3v) is 2.92. The van der Waals surface area contributed by atoms with Crippen LogP contribution >= 0.6 is 15.9 Å². The number of carbonyl (C=O) groups excluding carboxylic acids is 1. The number of rotatable bonds is 1. The number of carbonyl (C=O) groups is 1. The summed E-state index contributed by atoms with van der Waals surface area (Å²) in [4.78, 5) is 10.8. The Morgan fingerprint density at radius 1 is 1.38 bits per heavy atom. The van der Waals surface area contributed by atoms with E-state index in [2.05, 4.69) is 21.2 Å². The molecule has 0 radical (unpaired) electrons. The van der Waals surface area contributed by atoms with E-state index in [0.717, 1.165) is 0 Å². The molecular weight excluding hydrogens is 284 g/mol. The molecular formula is C10H8BrF2NO2. The van der Waals surface area contributed by atoms with E-state index in [1.54, 1.807) is 0 Å². The highest BCUT2D eigenvalue weighted by Gasteiger charge is 2.24. The van der Waals surface area contributed by atoms with Gasteiger partial charge in [-0.05, 0) is 22.0 Å². The van der Waals surface area contributed by atoms with E-state index in [0.29, 0.717) is 0 Å². The van der Waals surface area contributed by atoms with Crippen LogP contribution in [0.4, 0.5) is 8.78 Å². The van der Waals surface area contributed by atoms with Crippen molar-refractivity contribution in [1.29, 1.82) is 0 Å². The van der Waals surface area contributed by atoms with Crippen LogP contribution in [-0.2, 0) is 9.53 Å². The Morgan fingerprint density at radius 2 is 2.12 bits per heavy atom. The molecule has 2 rings (SSSR count). The maximum absolute atomic E-state index is 13.5. The van der Waals surface area contributed by atoms with E-state index in [1.807, 2.05) is 0 Å². The predicted octanol–water partition coefficient (Wildman–Crippen LogP) is 1.91. The zero-order chi connectivity index (χ0) is 11.7. The summed E-state index contributed by atoms with van der Waals surface area (Å²) in [6, 6.07) is 2.85. The Balaban J connectivity index is 2.27. The van der Waals surface area contributed by atoms with Crippen LogP contribution in [0.1, 0.15) is 11.7 Å². The fourth-order valence-corrected chi connectivity index (χ4v) is 1.79. The first-order valence-corrected chi connectivity index (χ1v) is 5.40. The highest BCUT2D eigenvalue weighted by molar-refractivity contribution is 9.10. The van der Waals surface area contributed by atoms with Gasteiger partial charge in [0.1, 0.15) is 12.7 Å². The lowest BCUT2D eigenvalue weighted by atomic mass is 10.1. The second-order valence-electron chi connectivity index (χ2n) is 3.37. The molecule has 0 saturated carbocycles. The molecule has 86 valence electrons. The molecule has 6 heteroatoms. The summed E-state index contributed by atoms with van der Waals surface area (Å²) < 4.78 is 32.0. The lowest BCUT2D eigenvalue weighted by Crippen LogP contribution is -2.39. The van der Waals surface area contributed by atoms with Gasteiger partial charge in [-0.3, -0.25) is 4.79 Å². The molecule has 1 aliphatic heterocycles. The van der Waals surface area contributed by atoms with Gasteiger partial charge in [-0.15, -0.1) is 0 Å². The molecule has 3 nitrogen and oxygen atoms in total. The zero-order valence-electron chi connectivity index (χ0n) is 8.10. The fourth-order valence-electron chi connectivity index (χ4n) is 1.48. The van der Waals surface area contributed by atoms with E-state index in [4.69, 9.17) is 4.74 Å². The molecule has 1 amide bonds. The number of benzene rings is 1. The number of nitrogens with one attached hydrogen (secondary N) is 1. The van der Waals surface area contributed by atoms with Gasteiger partial charge in [0.05, 0.1) is 4.47 Å². The average Bonchev–Trinajstić information content (AvgIpc) is 2.28. The Bertz CT molecular complexity index is 429. The van der Waals surface area contributed by atoms with Gasteiger partial charge in [-0.25, -0.2) is 8.78 Å². The summed E-state index contributed by atoms with van der Waals surface area (Å²) in [5.41, 5.74) is 0.112. The van der Waals surface area contributed by atoms with Gasteiger partial charge in [0, 0.05) is 12.1 Å². The van der Waals surface area contributed by atoms with Crippen molar-refractivity contribution in [3.05, 3.63) is 33.8 Å². The molecule has 1 aromatic rings. The molecule has 0 spiro atoms. The SMILES string of the molecule is O=C1COC(c2ccc(Br)c(F)c2F)CN1. The van der Waals surface area contributed by atoms with Crippen molar-refractivity contribution < 1.29 is 18.3 Å². The first-order valence-electron chi connectivity index (χ1n) is 4.61. The van der Waals surface area contributed by atoms with Gasteiger partial charge < -0.3 is 10.1 Å². The summed E-state index contributed by atoms with van der Waals surface area (Å²) in [6.45, 7) is 0.0125. The zero-order valence-corrected chi connectivity index (χ0v) is 9.68. The number of halogens is 3. The molecule has 1 aromatic carbocycles. The van der Waals surface area contributed by atoms with Crippen molar-refractivity contribution >= 4 is 21.8 Å². The third-order valence-electron chi connectivity index (χ3n) is 2.31. The minimum atomic E-state index is -0.949. The molecule has 1 fully saturated rings. The maximum atomic E-state index is 13.5. The number of hydrogen-bond donors (Lipinski definition) is 1. The molecule has 1 N–H and O–H groups in total. The van der Waals surface area contributed by atoms with E-state index in [-0.39, 0.29) is 29.1 Å². The maximum Gasteiger partial charge on any atom is 0.246 e. The number of hydrogen-bond acceptors (Lipinski definition) is 2. The Kier molecular flexibility index (Phi) is 3.20. The van der Waals surface area contributed by atoms with Gasteiger partial charge in [-0.1, -0.05) is 6.07 Å². The Morgan fingerprint density at radius 3 is 2.75 bits per heavy atom. The standard InChI is InChI=1S/C10H8BrF2NO2/c11-6-2-1-5(9(12)10(6)13)7-3-14-8(15)4-16-7/h1-2,7H,3-4H2,(H,14,15). The first kappa shape index (κ1) is 11.5. The first-order chi connectivity index (χ1) is 7.59. The fraction of sp³-hybridized carbons (Fsp3) is 0.300. The summed E-state index contributed by atoms with van der Waals surface area (Å²) in [7, 11) is 0. The molecule has 1 heterocycles. The average molecular weight is 292 g/mol. The summed E-state index contributed by atoms with van der Waals surface area (Å²) in [5, 5.41) is 2.53. The van der Waals surface area contributed by atoms with Crippen molar-refractivity contribution in [3.63, 3.8) is 0 Å². The van der Waals surface area contributed by atoms with Crippen LogP contribution in [0.15, 0.2) is 16.6 Å². The van der Waals surface area contributed by atoms with Gasteiger partial charge >= 0.3 is 0 Å². The number of morpholine rings is 1. The van der Waals surface area contributed by atoms with Crippen LogP contribution in [-0.4, -0.2) is 19.1 Å². The van der Waals surface area contributed by atoms with E-state index >= 15 is 0 Å². The second-order valence-corrected chi connectivity index (χ2v) is 4.22. The van der Waals surface area contributed by atoms with Gasteiger partial charge in [0.15, 0.2) is 11.6 Å². The molecule has 1 aliphatic rings. The second kappa shape index (κ2) is 4.47. The highest BCUT2D eigenvalue weighted by atomic mass is 79.9. The lowest BCUT2D eigenvalue weighted by Gasteiger charge is -2.23. The molecule has 0 aromatic heterocycles. The van der Waals surface area contributed by atoms with Crippen molar-refractivity contribution in [2.75, 3.05) is 13.2 Å². The third kappa shape index (κ3) is 2.08. The summed E-state index contributed by atoms with van der Waals surface area (Å²) in [6.07, 6.45) is -0.639. The smallest absolute Gasteiger partial charge is 0.246 e. The van der Waals surface area contributed by atoms with E-state index < -0.39 is 17.7 Å². The van der Waals surface area contributed by atoms with Crippen LogP contribution in [0, 0.1) is 11.6 Å². The lowest BCUT2D eigenvalue weighted by molar-refractivity contribution is -0.133. The molecule has 0 aliphatic carbocycles. The van der Waals surface area contributed by atoms with Crippen molar-refractivity contribution in [2.45, 2.75) is 6.10 Å². The molecule has 1 atom stereocenters. The molecule has 1 unspecified atom stereocenters. The molecule has 16 heavy (non-hydrogen) atoms. The minimum Gasteiger partial charge on any atom is -0.362 e. The summed E-state index contributed by atoms with van der Waals surface area (Å²) >= 11 is 2.89. The van der Waals surface area contributed by atoms with Gasteiger partial charge in [-0.2, -0.15) is 0 Å². The van der Waals surface area contributed by atoms with E-state index in [1.165, 1.54) is 12.1 Å². The van der Waals surface area contributed by atoms with Crippen molar-refractivity contribution in [1.82, 2.24) is 5.32 Å². The van der Waals surface area contributed by atoms with Crippen LogP contribution in [0.3, 0.4) is 0 Å². The summed E-state index contributed by atoms with van der Waals surface area (Å²) in [5.74, 6) is -2.15. The van der Waals surface area contributed by atoms with Crippen molar-refractivity contribution in [3.8, 4) is 0 Å². The van der Waals surface area contributed by atoms with Gasteiger partial charge in [0.25, 0.3) is 0 Å². The van der Waals surface area contributed by atoms with Crippen LogP contribution in [0.25, 0.3) is 0 Å². The molecule has 0 bridgehead atoms. The predicted molar refractivity (Wildman–Crippen MR) is 55.8 cm³/mol. The highest BCUT2D eigenvalue weighted by Crippen LogP contribution is 2.27. The van der Waals surface area contributed by atoms with Crippen LogP contribution < -0.4 is 5.32 Å². The van der Waals surface area contributed by atoms with E-state index in [9.17, 15) is 13.6 Å². The van der Waals surface area contributed by atoms with Crippen molar-refractivity contribution in [2.24, 2.45) is 0 Å². The monoisotopic (exact) mass is 291 g/mol. The number of ether oxygens (including phenoxy) is 1. The van der Waals surface area contributed by atoms with Crippen LogP contribution in [0.2, 0.25) is 0 Å². The molecule has 1 saturated heterocycles. The Labute approximate surface area is 98.9 Å². The normalized spacial score (nSPS) is 20.7. The largest absolute Gasteiger partial charge is 0.362 e. The minimum absolute atomic E-state index is 0.0635. The number of amides is 1. The quantitative estimate of drug-likeness (QED) is 0.803.